The molecule has 3 rings (SSSR count). The first-order valence-corrected chi connectivity index (χ1v) is 11.6. The lowest BCUT2D eigenvalue weighted by Gasteiger charge is -2.32. The van der Waals surface area contributed by atoms with Gasteiger partial charge in [0.2, 0.25) is 0 Å². The Hall–Kier alpha value is -3.01. The Labute approximate surface area is 194 Å². The lowest BCUT2D eigenvalue weighted by molar-refractivity contribution is -0.138. The van der Waals surface area contributed by atoms with Gasteiger partial charge in [0.05, 0.1) is 6.54 Å². The van der Waals surface area contributed by atoms with Crippen LogP contribution >= 0.6 is 0 Å². The number of piperidine rings is 1. The number of nitrogens with zero attached hydrogens (tertiary/aromatic N) is 2. The first-order valence-electron chi connectivity index (χ1n) is 11.6. The minimum Gasteiger partial charge on any atom is -0.490 e. The van der Waals surface area contributed by atoms with Gasteiger partial charge in [0, 0.05) is 19.6 Å². The van der Waals surface area contributed by atoms with Crippen LogP contribution in [0.4, 0.5) is 4.79 Å². The molecule has 2 atom stereocenters. The highest BCUT2D eigenvalue weighted by atomic mass is 16.6. The molecule has 10 nitrogen and oxygen atoms in total. The highest BCUT2D eigenvalue weighted by Gasteiger charge is 2.31. The number of nitrogens with one attached hydrogen (secondary N) is 1. The molecule has 0 aromatic heterocycles. The summed E-state index contributed by atoms with van der Waals surface area (Å²) < 4.78 is 11.2. The van der Waals surface area contributed by atoms with Crippen LogP contribution in [0.2, 0.25) is 0 Å². The highest BCUT2D eigenvalue weighted by molar-refractivity contribution is 5.74. The predicted octanol–water partition coefficient (Wildman–Crippen LogP) is 1.62. The number of nitrogens with two attached hydrogens (primary N) is 2. The maximum absolute atomic E-state index is 12.1. The normalized spacial score (nSPS) is 19.9. The van der Waals surface area contributed by atoms with Gasteiger partial charge in [0.15, 0.2) is 12.1 Å². The minimum atomic E-state index is -1.03. The molecule has 2 fully saturated rings. The number of carboxylic acids is 1. The number of rotatable bonds is 11. The van der Waals surface area contributed by atoms with Crippen LogP contribution in [0, 0.1) is 11.3 Å². The molecule has 2 saturated heterocycles. The van der Waals surface area contributed by atoms with E-state index in [1.165, 1.54) is 0 Å². The molecule has 0 spiro atoms. The van der Waals surface area contributed by atoms with Gasteiger partial charge in [0.25, 0.3) is 0 Å². The fourth-order valence-electron chi connectivity index (χ4n) is 4.29. The van der Waals surface area contributed by atoms with Crippen molar-refractivity contribution in [1.82, 2.24) is 9.80 Å². The van der Waals surface area contributed by atoms with E-state index in [9.17, 15) is 9.59 Å². The molecule has 2 aliphatic rings. The van der Waals surface area contributed by atoms with Crippen molar-refractivity contribution in [2.45, 2.75) is 50.7 Å². The molecule has 0 bridgehead atoms. The lowest BCUT2D eigenvalue weighted by Crippen LogP contribution is -2.42. The largest absolute Gasteiger partial charge is 0.490 e. The molecule has 0 saturated carbocycles. The molecule has 1 aromatic rings. The van der Waals surface area contributed by atoms with Crippen molar-refractivity contribution in [3.63, 3.8) is 0 Å². The number of amides is 1. The van der Waals surface area contributed by atoms with Crippen LogP contribution in [0.25, 0.3) is 0 Å². The fourth-order valence-corrected chi connectivity index (χ4v) is 4.29. The third-order valence-electron chi connectivity index (χ3n) is 6.33. The summed E-state index contributed by atoms with van der Waals surface area (Å²) in [7, 11) is 0. The first kappa shape index (κ1) is 24.6. The van der Waals surface area contributed by atoms with E-state index in [0.717, 1.165) is 50.8 Å². The van der Waals surface area contributed by atoms with Crippen LogP contribution in [-0.4, -0.2) is 77.9 Å². The van der Waals surface area contributed by atoms with Gasteiger partial charge in [-0.05, 0) is 49.3 Å². The van der Waals surface area contributed by atoms with Gasteiger partial charge in [-0.3, -0.25) is 10.2 Å². The van der Waals surface area contributed by atoms with Crippen molar-refractivity contribution in [3.05, 3.63) is 29.8 Å². The second-order valence-electron chi connectivity index (χ2n) is 8.87. The molecule has 182 valence electrons. The number of benzene rings is 1. The predicted molar refractivity (Wildman–Crippen MR) is 123 cm³/mol. The summed E-state index contributed by atoms with van der Waals surface area (Å²) in [5.74, 6) is 0.432. The second kappa shape index (κ2) is 11.7. The summed E-state index contributed by atoms with van der Waals surface area (Å²) in [6, 6.07) is 6.17. The first-order chi connectivity index (χ1) is 15.8. The molecular formula is C23H35N5O5. The van der Waals surface area contributed by atoms with Crippen LogP contribution in [-0.2, 0) is 16.0 Å². The molecule has 2 heterocycles. The quantitative estimate of drug-likeness (QED) is 0.220. The Kier molecular flexibility index (Phi) is 8.76. The Bertz CT molecular complexity index is 810. The van der Waals surface area contributed by atoms with E-state index in [2.05, 4.69) is 0 Å². The third-order valence-corrected chi connectivity index (χ3v) is 6.33. The van der Waals surface area contributed by atoms with Gasteiger partial charge >= 0.3 is 12.1 Å². The van der Waals surface area contributed by atoms with Gasteiger partial charge in [0.1, 0.15) is 18.4 Å². The SMILES string of the molecule is N=C(N)N1CCC(CCCCN2CC(COc3ccc(CC(N)C(=O)O)cc3)OC2=O)CC1. The van der Waals surface area contributed by atoms with Gasteiger partial charge < -0.3 is 35.8 Å². The smallest absolute Gasteiger partial charge is 0.410 e. The lowest BCUT2D eigenvalue weighted by atomic mass is 9.91. The maximum atomic E-state index is 12.1. The van der Waals surface area contributed by atoms with E-state index in [4.69, 9.17) is 31.5 Å². The zero-order chi connectivity index (χ0) is 23.8. The number of carbonyl (C=O) groups excluding carboxylic acids is 1. The van der Waals surface area contributed by atoms with Crippen LogP contribution in [0.5, 0.6) is 5.75 Å². The number of hydrogen-bond donors (Lipinski definition) is 4. The van der Waals surface area contributed by atoms with E-state index in [1.54, 1.807) is 29.2 Å². The summed E-state index contributed by atoms with van der Waals surface area (Å²) in [6.07, 6.45) is 4.92. The van der Waals surface area contributed by atoms with Gasteiger partial charge in [-0.1, -0.05) is 25.0 Å². The molecule has 10 heteroatoms. The molecule has 1 amide bonds. The van der Waals surface area contributed by atoms with Crippen LogP contribution in [0.3, 0.4) is 0 Å². The second-order valence-corrected chi connectivity index (χ2v) is 8.87. The van der Waals surface area contributed by atoms with Gasteiger partial charge in [-0.15, -0.1) is 0 Å². The van der Waals surface area contributed by atoms with Crippen LogP contribution in [0.1, 0.15) is 37.7 Å². The molecule has 33 heavy (non-hydrogen) atoms. The highest BCUT2D eigenvalue weighted by Crippen LogP contribution is 2.23. The van der Waals surface area contributed by atoms with E-state index < -0.39 is 12.0 Å². The van der Waals surface area contributed by atoms with Crippen molar-refractivity contribution in [3.8, 4) is 5.75 Å². The maximum Gasteiger partial charge on any atom is 0.410 e. The Morgan fingerprint density at radius 2 is 1.94 bits per heavy atom. The summed E-state index contributed by atoms with van der Waals surface area (Å²) in [6.45, 7) is 3.18. The average molecular weight is 462 g/mol. The number of carboxylic acid groups (broad SMARTS) is 1. The number of unbranched alkanes of at least 4 members (excludes halogenated alkanes) is 1. The monoisotopic (exact) mass is 461 g/mol. The Morgan fingerprint density at radius 3 is 2.58 bits per heavy atom. The molecule has 2 aliphatic heterocycles. The van der Waals surface area contributed by atoms with Gasteiger partial charge in [-0.25, -0.2) is 4.79 Å². The van der Waals surface area contributed by atoms with Crippen molar-refractivity contribution in [1.29, 1.82) is 5.41 Å². The third kappa shape index (κ3) is 7.52. The van der Waals surface area contributed by atoms with Crippen molar-refractivity contribution < 1.29 is 24.2 Å². The van der Waals surface area contributed by atoms with Gasteiger partial charge in [-0.2, -0.15) is 0 Å². The number of carbonyl (C=O) groups is 2. The molecule has 6 N–H and O–H groups in total. The van der Waals surface area contributed by atoms with Crippen molar-refractivity contribution in [2.24, 2.45) is 17.4 Å². The summed E-state index contributed by atoms with van der Waals surface area (Å²) >= 11 is 0. The number of aliphatic carboxylic acids is 1. The Balaban J connectivity index is 1.31. The number of ether oxygens (including phenoxy) is 2. The van der Waals surface area contributed by atoms with Crippen LogP contribution < -0.4 is 16.2 Å². The summed E-state index contributed by atoms with van der Waals surface area (Å²) in [5, 5.41) is 16.4. The molecule has 0 aliphatic carbocycles. The van der Waals surface area contributed by atoms with E-state index in [1.807, 2.05) is 4.90 Å². The molecule has 1 aromatic carbocycles. The van der Waals surface area contributed by atoms with E-state index in [0.29, 0.717) is 24.8 Å². The number of cyclic esters (lactones) is 1. The van der Waals surface area contributed by atoms with E-state index in [-0.39, 0.29) is 31.2 Å². The zero-order valence-corrected chi connectivity index (χ0v) is 18.9. The summed E-state index contributed by atoms with van der Waals surface area (Å²) in [4.78, 5) is 26.7. The zero-order valence-electron chi connectivity index (χ0n) is 18.9. The average Bonchev–Trinajstić information content (AvgIpc) is 3.15. The number of hydrogen-bond acceptors (Lipinski definition) is 6. The Morgan fingerprint density at radius 1 is 1.24 bits per heavy atom. The molecular weight excluding hydrogens is 426 g/mol. The summed E-state index contributed by atoms with van der Waals surface area (Å²) in [5.41, 5.74) is 11.9. The fraction of sp³-hybridized carbons (Fsp3) is 0.609. The topological polar surface area (TPSA) is 155 Å². The number of guanidine groups is 1. The van der Waals surface area contributed by atoms with Crippen LogP contribution in [0.15, 0.2) is 24.3 Å². The minimum absolute atomic E-state index is 0.164. The molecule has 0 radical (unpaired) electrons. The number of likely N-dealkylation sites (tertiary alicyclic amines) is 1. The van der Waals surface area contributed by atoms with Crippen molar-refractivity contribution >= 4 is 18.0 Å². The van der Waals surface area contributed by atoms with E-state index >= 15 is 0 Å². The molecule has 2 unspecified atom stereocenters. The van der Waals surface area contributed by atoms with Crippen molar-refractivity contribution in [2.75, 3.05) is 32.8 Å². The standard InChI is InChI=1S/C23H35N5O5/c24-20(21(29)30)13-17-4-6-18(7-5-17)32-15-19-14-28(23(31)33-19)10-2-1-3-16-8-11-27(12-9-16)22(25)26/h4-7,16,19-20H,1-3,8-15,24H2,(H3,25,26)(H,29,30).